The van der Waals surface area contributed by atoms with Gasteiger partial charge >= 0.3 is 0 Å². The summed E-state index contributed by atoms with van der Waals surface area (Å²) in [5, 5.41) is 0. The van der Waals surface area contributed by atoms with Crippen molar-refractivity contribution < 1.29 is 4.48 Å². The molecular formula is C19H39N2+. The zero-order valence-corrected chi connectivity index (χ0v) is 15.0. The summed E-state index contributed by atoms with van der Waals surface area (Å²) in [5.74, 6) is 2.66. The molecule has 0 spiro atoms. The van der Waals surface area contributed by atoms with Crippen LogP contribution < -0.4 is 5.73 Å². The fourth-order valence-electron chi connectivity index (χ4n) is 4.82. The van der Waals surface area contributed by atoms with E-state index in [1.54, 1.807) is 0 Å². The van der Waals surface area contributed by atoms with Crippen LogP contribution in [0.1, 0.15) is 72.6 Å². The van der Waals surface area contributed by atoms with Gasteiger partial charge in [0.15, 0.2) is 0 Å². The van der Waals surface area contributed by atoms with Crippen molar-refractivity contribution in [2.75, 3.05) is 19.6 Å². The highest BCUT2D eigenvalue weighted by atomic mass is 15.4. The molecule has 0 bridgehead atoms. The summed E-state index contributed by atoms with van der Waals surface area (Å²) in [6.07, 6.45) is 9.69. The molecule has 3 atom stereocenters. The van der Waals surface area contributed by atoms with Crippen LogP contribution in [0, 0.1) is 17.8 Å². The minimum absolute atomic E-state index is 0.448. The van der Waals surface area contributed by atoms with E-state index < -0.39 is 0 Å². The lowest BCUT2D eigenvalue weighted by Crippen LogP contribution is -2.68. The maximum absolute atomic E-state index is 6.51. The quantitative estimate of drug-likeness (QED) is 0.700. The van der Waals surface area contributed by atoms with Crippen molar-refractivity contribution in [2.24, 2.45) is 23.5 Å². The van der Waals surface area contributed by atoms with E-state index in [9.17, 15) is 0 Å². The van der Waals surface area contributed by atoms with E-state index in [1.165, 1.54) is 69.1 Å². The summed E-state index contributed by atoms with van der Waals surface area (Å²) in [6, 6.07) is 1.37. The molecule has 2 fully saturated rings. The van der Waals surface area contributed by atoms with E-state index in [0.717, 1.165) is 23.8 Å². The lowest BCUT2D eigenvalue weighted by molar-refractivity contribution is -0.966. The fraction of sp³-hybridized carbons (Fsp3) is 1.00. The van der Waals surface area contributed by atoms with Gasteiger partial charge in [-0.1, -0.05) is 40.5 Å². The normalized spacial score (nSPS) is 40.3. The molecule has 1 aliphatic heterocycles. The van der Waals surface area contributed by atoms with Gasteiger partial charge in [0, 0.05) is 18.8 Å². The lowest BCUT2D eigenvalue weighted by Gasteiger charge is -2.56. The monoisotopic (exact) mass is 295 g/mol. The van der Waals surface area contributed by atoms with Crippen LogP contribution >= 0.6 is 0 Å². The van der Waals surface area contributed by atoms with Gasteiger partial charge in [0.2, 0.25) is 0 Å². The molecule has 2 N–H and O–H groups in total. The van der Waals surface area contributed by atoms with Crippen LogP contribution in [0.4, 0.5) is 0 Å². The SMILES string of the molecule is CCCCC1CC(N)C[N+](CCC(C)C)(C2CC(C)C2)C1. The highest BCUT2D eigenvalue weighted by Crippen LogP contribution is 2.40. The Hall–Kier alpha value is -0.0800. The lowest BCUT2D eigenvalue weighted by atomic mass is 9.76. The number of nitrogens with two attached hydrogens (primary N) is 1. The van der Waals surface area contributed by atoms with E-state index in [1.807, 2.05) is 0 Å². The maximum Gasteiger partial charge on any atom is 0.0942 e. The average molecular weight is 296 g/mol. The molecule has 2 rings (SSSR count). The number of rotatable bonds is 7. The van der Waals surface area contributed by atoms with Gasteiger partial charge in [-0.25, -0.2) is 0 Å². The van der Waals surface area contributed by atoms with Crippen molar-refractivity contribution in [1.82, 2.24) is 0 Å². The third-order valence-electron chi connectivity index (χ3n) is 6.10. The third kappa shape index (κ3) is 4.45. The molecule has 0 amide bonds. The predicted octanol–water partition coefficient (Wildman–Crippen LogP) is 4.19. The molecule has 1 aliphatic carbocycles. The number of hydrogen-bond donors (Lipinski definition) is 1. The van der Waals surface area contributed by atoms with E-state index in [2.05, 4.69) is 27.7 Å². The predicted molar refractivity (Wildman–Crippen MR) is 92.1 cm³/mol. The van der Waals surface area contributed by atoms with Crippen LogP contribution in [0.2, 0.25) is 0 Å². The zero-order chi connectivity index (χ0) is 15.5. The number of hydrogen-bond acceptors (Lipinski definition) is 1. The van der Waals surface area contributed by atoms with E-state index in [4.69, 9.17) is 5.73 Å². The second-order valence-electron chi connectivity index (χ2n) is 8.72. The van der Waals surface area contributed by atoms with Gasteiger partial charge in [-0.05, 0) is 31.1 Å². The minimum Gasteiger partial charge on any atom is -0.323 e. The van der Waals surface area contributed by atoms with Crippen molar-refractivity contribution >= 4 is 0 Å². The molecule has 1 saturated carbocycles. The Morgan fingerprint density at radius 2 is 1.86 bits per heavy atom. The Bertz CT molecular complexity index is 309. The van der Waals surface area contributed by atoms with Gasteiger partial charge in [0.25, 0.3) is 0 Å². The highest BCUT2D eigenvalue weighted by molar-refractivity contribution is 4.84. The number of nitrogens with zero attached hydrogens (tertiary/aromatic N) is 1. The Kier molecular flexibility index (Phi) is 6.14. The first kappa shape index (κ1) is 17.3. The van der Waals surface area contributed by atoms with Crippen molar-refractivity contribution in [3.8, 4) is 0 Å². The van der Waals surface area contributed by atoms with Gasteiger partial charge in [-0.15, -0.1) is 0 Å². The van der Waals surface area contributed by atoms with Gasteiger partial charge < -0.3 is 10.2 Å². The number of piperidine rings is 1. The molecule has 0 aromatic carbocycles. The third-order valence-corrected chi connectivity index (χ3v) is 6.10. The summed E-state index contributed by atoms with van der Waals surface area (Å²) >= 11 is 0. The molecule has 2 aliphatic rings. The molecule has 3 unspecified atom stereocenters. The Labute approximate surface area is 133 Å². The van der Waals surface area contributed by atoms with Crippen molar-refractivity contribution in [3.63, 3.8) is 0 Å². The zero-order valence-electron chi connectivity index (χ0n) is 15.0. The molecule has 0 aromatic rings. The molecule has 2 heteroatoms. The van der Waals surface area contributed by atoms with Crippen molar-refractivity contribution in [2.45, 2.75) is 84.7 Å². The molecule has 0 radical (unpaired) electrons. The number of unbranched alkanes of at least 4 members (excludes halogenated alkanes) is 1. The van der Waals surface area contributed by atoms with E-state index in [-0.39, 0.29) is 0 Å². The second-order valence-corrected chi connectivity index (χ2v) is 8.72. The van der Waals surface area contributed by atoms with Crippen LogP contribution in [-0.4, -0.2) is 36.2 Å². The van der Waals surface area contributed by atoms with E-state index >= 15 is 0 Å². The van der Waals surface area contributed by atoms with Crippen LogP contribution in [0.15, 0.2) is 0 Å². The Morgan fingerprint density at radius 1 is 1.14 bits per heavy atom. The van der Waals surface area contributed by atoms with E-state index in [0.29, 0.717) is 6.04 Å². The average Bonchev–Trinajstić information content (AvgIpc) is 2.39. The van der Waals surface area contributed by atoms with Gasteiger partial charge in [0.05, 0.1) is 31.7 Å². The molecule has 124 valence electrons. The highest BCUT2D eigenvalue weighted by Gasteiger charge is 2.48. The van der Waals surface area contributed by atoms with Gasteiger partial charge in [-0.3, -0.25) is 0 Å². The topological polar surface area (TPSA) is 26.0 Å². The summed E-state index contributed by atoms with van der Waals surface area (Å²) in [5.41, 5.74) is 6.51. The largest absolute Gasteiger partial charge is 0.323 e. The standard InChI is InChI=1S/C19H39N2/c1-5-6-7-17-12-18(20)14-21(13-17,9-8-15(2)3)19-10-16(4)11-19/h15-19H,5-14,20H2,1-4H3/q+1. The fourth-order valence-corrected chi connectivity index (χ4v) is 4.82. The summed E-state index contributed by atoms with van der Waals surface area (Å²) in [6.45, 7) is 13.6. The Morgan fingerprint density at radius 3 is 2.43 bits per heavy atom. The number of likely N-dealkylation sites (tertiary alicyclic amines) is 1. The summed E-state index contributed by atoms with van der Waals surface area (Å²) in [7, 11) is 0. The van der Waals surface area contributed by atoms with Gasteiger partial charge in [-0.2, -0.15) is 0 Å². The second kappa shape index (κ2) is 7.46. The minimum atomic E-state index is 0.448. The molecule has 1 heterocycles. The van der Waals surface area contributed by atoms with Crippen LogP contribution in [0.5, 0.6) is 0 Å². The summed E-state index contributed by atoms with van der Waals surface area (Å²) < 4.78 is 1.37. The smallest absolute Gasteiger partial charge is 0.0942 e. The van der Waals surface area contributed by atoms with Crippen LogP contribution in [0.3, 0.4) is 0 Å². The van der Waals surface area contributed by atoms with Gasteiger partial charge in [0.1, 0.15) is 0 Å². The first-order chi connectivity index (χ1) is 9.95. The molecule has 1 saturated heterocycles. The van der Waals surface area contributed by atoms with Crippen LogP contribution in [0.25, 0.3) is 0 Å². The van der Waals surface area contributed by atoms with Crippen molar-refractivity contribution in [3.05, 3.63) is 0 Å². The first-order valence-corrected chi connectivity index (χ1v) is 9.56. The van der Waals surface area contributed by atoms with Crippen molar-refractivity contribution in [1.29, 1.82) is 0 Å². The summed E-state index contributed by atoms with van der Waals surface area (Å²) in [4.78, 5) is 0. The Balaban J connectivity index is 2.05. The molecule has 21 heavy (non-hydrogen) atoms. The number of quaternary nitrogens is 1. The molecule has 2 nitrogen and oxygen atoms in total. The molecule has 0 aromatic heterocycles. The first-order valence-electron chi connectivity index (χ1n) is 9.56. The maximum atomic E-state index is 6.51. The van der Waals surface area contributed by atoms with Crippen LogP contribution in [-0.2, 0) is 0 Å². The molecular weight excluding hydrogens is 256 g/mol.